The second-order valence-corrected chi connectivity index (χ2v) is 4.75. The van der Waals surface area contributed by atoms with Gasteiger partial charge in [-0.2, -0.15) is 0 Å². The molecule has 1 unspecified atom stereocenters. The Bertz CT molecular complexity index is 561. The topological polar surface area (TPSA) is 33.1 Å². The van der Waals surface area contributed by atoms with E-state index in [0.717, 1.165) is 22.9 Å². The Morgan fingerprint density at radius 3 is 2.44 bits per heavy atom. The van der Waals surface area contributed by atoms with Gasteiger partial charge in [0.2, 0.25) is 0 Å². The highest BCUT2D eigenvalue weighted by Gasteiger charge is 2.28. The molecule has 1 atom stereocenters. The standard InChI is InChI=1S/C15H16FNO/c1-10-4-6-13(11(2)8-10)15(3,18)14-7-5-12(16)9-17-14/h4-9,18H,1-3H3. The van der Waals surface area contributed by atoms with Crippen molar-refractivity contribution in [1.82, 2.24) is 4.98 Å². The Labute approximate surface area is 106 Å². The molecule has 0 spiro atoms. The van der Waals surface area contributed by atoms with Gasteiger partial charge in [-0.15, -0.1) is 0 Å². The molecule has 2 aromatic rings. The van der Waals surface area contributed by atoms with Crippen molar-refractivity contribution in [1.29, 1.82) is 0 Å². The summed E-state index contributed by atoms with van der Waals surface area (Å²) in [7, 11) is 0. The molecule has 0 bridgehead atoms. The third kappa shape index (κ3) is 2.27. The summed E-state index contributed by atoms with van der Waals surface area (Å²) in [6.07, 6.45) is 1.12. The van der Waals surface area contributed by atoms with Crippen LogP contribution < -0.4 is 0 Å². The molecule has 0 saturated heterocycles. The second kappa shape index (κ2) is 4.50. The van der Waals surface area contributed by atoms with Crippen LogP contribution in [0.5, 0.6) is 0 Å². The Morgan fingerprint density at radius 2 is 1.89 bits per heavy atom. The van der Waals surface area contributed by atoms with Gasteiger partial charge < -0.3 is 5.11 Å². The van der Waals surface area contributed by atoms with Crippen LogP contribution in [0.4, 0.5) is 4.39 Å². The number of aliphatic hydroxyl groups is 1. The molecule has 0 saturated carbocycles. The molecule has 0 radical (unpaired) electrons. The van der Waals surface area contributed by atoms with Crippen LogP contribution in [0, 0.1) is 19.7 Å². The van der Waals surface area contributed by atoms with Crippen LogP contribution >= 0.6 is 0 Å². The van der Waals surface area contributed by atoms with Gasteiger partial charge in [0, 0.05) is 0 Å². The molecular formula is C15H16FNO. The predicted molar refractivity (Wildman–Crippen MR) is 68.8 cm³/mol. The first-order chi connectivity index (χ1) is 8.41. The van der Waals surface area contributed by atoms with Crippen molar-refractivity contribution >= 4 is 0 Å². The number of hydrogen-bond donors (Lipinski definition) is 1. The zero-order chi connectivity index (χ0) is 13.3. The number of benzene rings is 1. The van der Waals surface area contributed by atoms with E-state index in [1.165, 1.54) is 12.1 Å². The summed E-state index contributed by atoms with van der Waals surface area (Å²) in [4.78, 5) is 3.96. The molecule has 0 fully saturated rings. The summed E-state index contributed by atoms with van der Waals surface area (Å²) in [5.74, 6) is -0.407. The van der Waals surface area contributed by atoms with Gasteiger partial charge in [0.05, 0.1) is 11.9 Å². The van der Waals surface area contributed by atoms with Gasteiger partial charge in [-0.05, 0) is 44.0 Å². The molecule has 18 heavy (non-hydrogen) atoms. The maximum atomic E-state index is 12.9. The monoisotopic (exact) mass is 245 g/mol. The van der Waals surface area contributed by atoms with Crippen molar-refractivity contribution in [2.75, 3.05) is 0 Å². The molecule has 1 heterocycles. The molecule has 0 aliphatic carbocycles. The average molecular weight is 245 g/mol. The lowest BCUT2D eigenvalue weighted by atomic mass is 9.88. The van der Waals surface area contributed by atoms with Crippen LogP contribution in [0.25, 0.3) is 0 Å². The fourth-order valence-electron chi connectivity index (χ4n) is 2.16. The number of aromatic nitrogens is 1. The van der Waals surface area contributed by atoms with Crippen molar-refractivity contribution in [2.45, 2.75) is 26.4 Å². The van der Waals surface area contributed by atoms with E-state index < -0.39 is 11.4 Å². The molecular weight excluding hydrogens is 229 g/mol. The van der Waals surface area contributed by atoms with E-state index in [9.17, 15) is 9.50 Å². The Balaban J connectivity index is 2.50. The first kappa shape index (κ1) is 12.7. The van der Waals surface area contributed by atoms with Crippen LogP contribution in [0.15, 0.2) is 36.5 Å². The van der Waals surface area contributed by atoms with E-state index in [2.05, 4.69) is 4.98 Å². The minimum absolute atomic E-state index is 0.407. The smallest absolute Gasteiger partial charge is 0.141 e. The summed E-state index contributed by atoms with van der Waals surface area (Å²) >= 11 is 0. The molecule has 0 aliphatic heterocycles. The van der Waals surface area contributed by atoms with Crippen LogP contribution in [0.3, 0.4) is 0 Å². The van der Waals surface area contributed by atoms with E-state index in [0.29, 0.717) is 5.69 Å². The zero-order valence-corrected chi connectivity index (χ0v) is 10.7. The SMILES string of the molecule is Cc1ccc(C(C)(O)c2ccc(F)cn2)c(C)c1. The molecule has 1 aromatic carbocycles. The van der Waals surface area contributed by atoms with Crippen molar-refractivity contribution in [3.8, 4) is 0 Å². The fraction of sp³-hybridized carbons (Fsp3) is 0.267. The highest BCUT2D eigenvalue weighted by Crippen LogP contribution is 2.30. The molecule has 2 nitrogen and oxygen atoms in total. The number of hydrogen-bond acceptors (Lipinski definition) is 2. The van der Waals surface area contributed by atoms with Crippen molar-refractivity contribution < 1.29 is 9.50 Å². The second-order valence-electron chi connectivity index (χ2n) is 4.75. The lowest BCUT2D eigenvalue weighted by Crippen LogP contribution is -2.25. The molecule has 1 aromatic heterocycles. The Kier molecular flexibility index (Phi) is 3.18. The van der Waals surface area contributed by atoms with Gasteiger partial charge in [-0.1, -0.05) is 23.8 Å². The van der Waals surface area contributed by atoms with E-state index in [-0.39, 0.29) is 0 Å². The molecule has 0 amide bonds. The highest BCUT2D eigenvalue weighted by atomic mass is 19.1. The summed E-state index contributed by atoms with van der Waals surface area (Å²) < 4.78 is 12.9. The first-order valence-corrected chi connectivity index (χ1v) is 5.83. The largest absolute Gasteiger partial charge is 0.379 e. The third-order valence-corrected chi connectivity index (χ3v) is 3.13. The van der Waals surface area contributed by atoms with Crippen LogP contribution in [-0.4, -0.2) is 10.1 Å². The molecule has 2 rings (SSSR count). The Hall–Kier alpha value is -1.74. The maximum absolute atomic E-state index is 12.9. The van der Waals surface area contributed by atoms with Gasteiger partial charge in [0.1, 0.15) is 11.4 Å². The molecule has 0 aliphatic rings. The van der Waals surface area contributed by atoms with E-state index >= 15 is 0 Å². The van der Waals surface area contributed by atoms with Gasteiger partial charge >= 0.3 is 0 Å². The van der Waals surface area contributed by atoms with Gasteiger partial charge in [0.15, 0.2) is 0 Å². The number of halogens is 1. The zero-order valence-electron chi connectivity index (χ0n) is 10.7. The lowest BCUT2D eigenvalue weighted by Gasteiger charge is -2.25. The molecule has 1 N–H and O–H groups in total. The van der Waals surface area contributed by atoms with E-state index in [1.807, 2.05) is 32.0 Å². The first-order valence-electron chi connectivity index (χ1n) is 5.83. The Morgan fingerprint density at radius 1 is 1.17 bits per heavy atom. The van der Waals surface area contributed by atoms with Gasteiger partial charge in [-0.25, -0.2) is 4.39 Å². The van der Waals surface area contributed by atoms with Crippen LogP contribution in [-0.2, 0) is 5.60 Å². The summed E-state index contributed by atoms with van der Waals surface area (Å²) in [5, 5.41) is 10.6. The van der Waals surface area contributed by atoms with Crippen molar-refractivity contribution in [3.63, 3.8) is 0 Å². The number of rotatable bonds is 2. The van der Waals surface area contributed by atoms with Crippen molar-refractivity contribution in [3.05, 3.63) is 64.7 Å². The van der Waals surface area contributed by atoms with Crippen LogP contribution in [0.1, 0.15) is 29.3 Å². The summed E-state index contributed by atoms with van der Waals surface area (Å²) in [6, 6.07) is 8.65. The third-order valence-electron chi connectivity index (χ3n) is 3.13. The number of aryl methyl sites for hydroxylation is 2. The number of nitrogens with zero attached hydrogens (tertiary/aromatic N) is 1. The number of pyridine rings is 1. The highest BCUT2D eigenvalue weighted by molar-refractivity contribution is 5.39. The van der Waals surface area contributed by atoms with Crippen LogP contribution in [0.2, 0.25) is 0 Å². The van der Waals surface area contributed by atoms with Crippen molar-refractivity contribution in [2.24, 2.45) is 0 Å². The quantitative estimate of drug-likeness (QED) is 0.882. The average Bonchev–Trinajstić information content (AvgIpc) is 2.29. The minimum Gasteiger partial charge on any atom is -0.379 e. The molecule has 94 valence electrons. The predicted octanol–water partition coefficient (Wildman–Crippen LogP) is 3.09. The summed E-state index contributed by atoms with van der Waals surface area (Å²) in [5.41, 5.74) is 2.14. The maximum Gasteiger partial charge on any atom is 0.141 e. The summed E-state index contributed by atoms with van der Waals surface area (Å²) in [6.45, 7) is 5.62. The van der Waals surface area contributed by atoms with E-state index in [4.69, 9.17) is 0 Å². The van der Waals surface area contributed by atoms with E-state index in [1.54, 1.807) is 6.92 Å². The molecule has 3 heteroatoms. The van der Waals surface area contributed by atoms with Gasteiger partial charge in [0.25, 0.3) is 0 Å². The fourth-order valence-corrected chi connectivity index (χ4v) is 2.16. The minimum atomic E-state index is -1.22. The lowest BCUT2D eigenvalue weighted by molar-refractivity contribution is 0.0965. The normalized spacial score (nSPS) is 14.3. The van der Waals surface area contributed by atoms with Gasteiger partial charge in [-0.3, -0.25) is 4.98 Å².